The van der Waals surface area contributed by atoms with Gasteiger partial charge in [0.25, 0.3) is 5.82 Å². The number of aryl methyl sites for hydroxylation is 2. The van der Waals surface area contributed by atoms with Crippen LogP contribution in [0.2, 0.25) is 0 Å². The maximum absolute atomic E-state index is 2.61. The summed E-state index contributed by atoms with van der Waals surface area (Å²) in [7, 11) is 4.33. The number of aromatic nitrogens is 2. The molecule has 0 radical (unpaired) electrons. The molecule has 4 rings (SSSR count). The molecule has 2 aromatic rings. The molecule has 0 saturated carbocycles. The fourth-order valence-corrected chi connectivity index (χ4v) is 4.49. The third-order valence-corrected chi connectivity index (χ3v) is 5.59. The summed E-state index contributed by atoms with van der Waals surface area (Å²) in [5, 5.41) is 0. The lowest BCUT2D eigenvalue weighted by Crippen LogP contribution is -2.48. The van der Waals surface area contributed by atoms with E-state index in [0.717, 1.165) is 0 Å². The van der Waals surface area contributed by atoms with Crippen LogP contribution in [0.5, 0.6) is 0 Å². The lowest BCUT2D eigenvalue weighted by Gasteiger charge is -2.34. The first-order valence-corrected chi connectivity index (χ1v) is 7.43. The van der Waals surface area contributed by atoms with E-state index < -0.39 is 0 Å². The molecule has 3 nitrogen and oxygen atoms in total. The largest absolute Gasteiger partial charge is 0.353 e. The van der Waals surface area contributed by atoms with Gasteiger partial charge < -0.3 is 4.57 Å². The second-order valence-electron chi connectivity index (χ2n) is 6.62. The van der Waals surface area contributed by atoms with Crippen LogP contribution in [0.15, 0.2) is 36.7 Å². The van der Waals surface area contributed by atoms with Crippen molar-refractivity contribution in [3.05, 3.63) is 47.9 Å². The first-order chi connectivity index (χ1) is 9.54. The standard InChI is InChI=1S/C17H22N3/c1-12-17(2)11-14(13-8-10-19(4)16(13)17)20(12)15-7-5-6-9-18(15)3/h5-10,12,14H,11H2,1-4H3/q+1. The Labute approximate surface area is 120 Å². The van der Waals surface area contributed by atoms with Gasteiger partial charge in [0, 0.05) is 37.0 Å². The first kappa shape index (κ1) is 12.0. The Morgan fingerprint density at radius 2 is 2.10 bits per heavy atom. The molecule has 1 aliphatic carbocycles. The monoisotopic (exact) mass is 268 g/mol. The predicted octanol–water partition coefficient (Wildman–Crippen LogP) is 2.46. The van der Waals surface area contributed by atoms with E-state index in [9.17, 15) is 0 Å². The number of rotatable bonds is 1. The fourth-order valence-electron chi connectivity index (χ4n) is 4.49. The molecule has 0 amide bonds. The lowest BCUT2D eigenvalue weighted by molar-refractivity contribution is -0.659. The Balaban J connectivity index is 1.89. The van der Waals surface area contributed by atoms with Crippen LogP contribution in [0.25, 0.3) is 0 Å². The molecule has 0 spiro atoms. The van der Waals surface area contributed by atoms with Crippen LogP contribution in [-0.2, 0) is 19.5 Å². The molecule has 0 N–H and O–H groups in total. The van der Waals surface area contributed by atoms with Gasteiger partial charge in [-0.2, -0.15) is 0 Å². The molecule has 1 fully saturated rings. The molecular formula is C17H22N3+. The quantitative estimate of drug-likeness (QED) is 0.724. The zero-order valence-electron chi connectivity index (χ0n) is 12.7. The van der Waals surface area contributed by atoms with Gasteiger partial charge in [0.15, 0.2) is 0 Å². The summed E-state index contributed by atoms with van der Waals surface area (Å²) in [6.07, 6.45) is 5.60. The van der Waals surface area contributed by atoms with Crippen molar-refractivity contribution in [2.45, 2.75) is 37.8 Å². The number of anilines is 1. The van der Waals surface area contributed by atoms with Crippen molar-refractivity contribution >= 4 is 5.82 Å². The smallest absolute Gasteiger partial charge is 0.277 e. The topological polar surface area (TPSA) is 12.1 Å². The number of nitrogens with zero attached hydrogens (tertiary/aromatic N) is 3. The molecule has 104 valence electrons. The fraction of sp³-hybridized carbons (Fsp3) is 0.471. The van der Waals surface area contributed by atoms with Crippen LogP contribution >= 0.6 is 0 Å². The van der Waals surface area contributed by atoms with Crippen LogP contribution < -0.4 is 9.47 Å². The lowest BCUT2D eigenvalue weighted by atomic mass is 9.82. The number of pyridine rings is 1. The molecule has 3 atom stereocenters. The van der Waals surface area contributed by atoms with E-state index in [1.165, 1.54) is 17.8 Å². The molecular weight excluding hydrogens is 246 g/mol. The van der Waals surface area contributed by atoms with E-state index in [0.29, 0.717) is 12.1 Å². The zero-order valence-corrected chi connectivity index (χ0v) is 12.7. The molecule has 2 aliphatic rings. The van der Waals surface area contributed by atoms with Crippen molar-refractivity contribution in [3.63, 3.8) is 0 Å². The normalized spacial score (nSPS) is 30.9. The van der Waals surface area contributed by atoms with Crippen molar-refractivity contribution in [1.29, 1.82) is 0 Å². The van der Waals surface area contributed by atoms with E-state index in [4.69, 9.17) is 0 Å². The highest BCUT2D eigenvalue weighted by Gasteiger charge is 2.61. The van der Waals surface area contributed by atoms with Crippen molar-refractivity contribution in [1.82, 2.24) is 4.57 Å². The van der Waals surface area contributed by atoms with Crippen molar-refractivity contribution < 1.29 is 4.57 Å². The minimum absolute atomic E-state index is 0.265. The molecule has 0 aromatic carbocycles. The third-order valence-electron chi connectivity index (χ3n) is 5.59. The summed E-state index contributed by atoms with van der Waals surface area (Å²) >= 11 is 0. The summed E-state index contributed by atoms with van der Waals surface area (Å²) in [4.78, 5) is 2.61. The predicted molar refractivity (Wildman–Crippen MR) is 79.7 cm³/mol. The molecule has 1 aliphatic heterocycles. The molecule has 1 saturated heterocycles. The van der Waals surface area contributed by atoms with Crippen molar-refractivity contribution in [2.75, 3.05) is 4.90 Å². The Morgan fingerprint density at radius 1 is 1.30 bits per heavy atom. The molecule has 2 aromatic heterocycles. The van der Waals surface area contributed by atoms with Crippen LogP contribution in [-0.4, -0.2) is 10.6 Å². The van der Waals surface area contributed by atoms with E-state index in [-0.39, 0.29) is 5.41 Å². The molecule has 3 heterocycles. The zero-order chi connectivity index (χ0) is 14.1. The third kappa shape index (κ3) is 1.23. The first-order valence-electron chi connectivity index (χ1n) is 7.43. The van der Waals surface area contributed by atoms with Crippen LogP contribution in [0.3, 0.4) is 0 Å². The van der Waals surface area contributed by atoms with Gasteiger partial charge in [0.05, 0.1) is 18.7 Å². The summed E-state index contributed by atoms with van der Waals surface area (Å²) in [5.41, 5.74) is 3.34. The minimum Gasteiger partial charge on any atom is -0.353 e. The van der Waals surface area contributed by atoms with Gasteiger partial charge in [0.2, 0.25) is 0 Å². The second kappa shape index (κ2) is 3.66. The molecule has 2 bridgehead atoms. The SMILES string of the molecule is CC1N(c2cccc[n+]2C)C2CC1(C)c1c2ccn1C. The number of fused-ring (bicyclic) bond motifs is 5. The van der Waals surface area contributed by atoms with Crippen LogP contribution in [0.4, 0.5) is 5.82 Å². The Morgan fingerprint density at radius 3 is 2.85 bits per heavy atom. The van der Waals surface area contributed by atoms with Crippen LogP contribution in [0, 0.1) is 0 Å². The molecule has 3 heteroatoms. The number of hydrogen-bond acceptors (Lipinski definition) is 1. The second-order valence-corrected chi connectivity index (χ2v) is 6.62. The van der Waals surface area contributed by atoms with Gasteiger partial charge in [-0.15, -0.1) is 0 Å². The molecule has 3 unspecified atom stereocenters. The van der Waals surface area contributed by atoms with Gasteiger partial charge in [-0.25, -0.2) is 4.57 Å². The highest BCUT2D eigenvalue weighted by atomic mass is 15.3. The van der Waals surface area contributed by atoms with Crippen LogP contribution in [0.1, 0.15) is 37.6 Å². The van der Waals surface area contributed by atoms with Gasteiger partial charge in [-0.3, -0.25) is 4.90 Å². The Hall–Kier alpha value is -1.77. The van der Waals surface area contributed by atoms with Gasteiger partial charge >= 0.3 is 0 Å². The highest BCUT2D eigenvalue weighted by Crippen LogP contribution is 2.58. The van der Waals surface area contributed by atoms with E-state index in [2.05, 4.69) is 78.6 Å². The summed E-state index contributed by atoms with van der Waals surface area (Å²) in [6, 6.07) is 9.85. The summed E-state index contributed by atoms with van der Waals surface area (Å²) in [6.45, 7) is 4.81. The average Bonchev–Trinajstić information content (AvgIpc) is 3.01. The van der Waals surface area contributed by atoms with E-state index in [1.807, 2.05) is 0 Å². The van der Waals surface area contributed by atoms with Crippen molar-refractivity contribution in [2.24, 2.45) is 14.1 Å². The maximum atomic E-state index is 2.61. The minimum atomic E-state index is 0.265. The van der Waals surface area contributed by atoms with Gasteiger partial charge in [0.1, 0.15) is 12.1 Å². The molecule has 20 heavy (non-hydrogen) atoms. The van der Waals surface area contributed by atoms with Crippen molar-refractivity contribution in [3.8, 4) is 0 Å². The van der Waals surface area contributed by atoms with E-state index in [1.54, 1.807) is 5.69 Å². The summed E-state index contributed by atoms with van der Waals surface area (Å²) in [5.74, 6) is 1.32. The van der Waals surface area contributed by atoms with E-state index >= 15 is 0 Å². The average molecular weight is 268 g/mol. The Bertz CT molecular complexity index is 687. The number of hydrogen-bond donors (Lipinski definition) is 0. The Kier molecular flexibility index (Phi) is 2.20. The van der Waals surface area contributed by atoms with Gasteiger partial charge in [-0.05, 0) is 26.0 Å². The summed E-state index contributed by atoms with van der Waals surface area (Å²) < 4.78 is 4.57. The highest BCUT2D eigenvalue weighted by molar-refractivity contribution is 5.55. The maximum Gasteiger partial charge on any atom is 0.277 e. The van der Waals surface area contributed by atoms with Gasteiger partial charge in [-0.1, -0.05) is 6.07 Å².